The Hall–Kier alpha value is -7.30. The van der Waals surface area contributed by atoms with Gasteiger partial charge in [0.05, 0.1) is 45.5 Å². The molecule has 4 aromatic carbocycles. The molecule has 16 nitrogen and oxygen atoms in total. The van der Waals surface area contributed by atoms with Crippen molar-refractivity contribution in [3.63, 3.8) is 0 Å². The Bertz CT molecular complexity index is 3370. The lowest BCUT2D eigenvalue weighted by atomic mass is 9.99. The number of hydrogen-bond acceptors (Lipinski definition) is 10. The van der Waals surface area contributed by atoms with E-state index in [1.165, 1.54) is 0 Å². The molecule has 2 saturated carbocycles. The van der Waals surface area contributed by atoms with Crippen molar-refractivity contribution in [2.45, 2.75) is 154 Å². The molecule has 1 N–H and O–H groups in total. The molecule has 5 fully saturated rings. The van der Waals surface area contributed by atoms with E-state index in [0.29, 0.717) is 37.4 Å². The second-order valence-corrected chi connectivity index (χ2v) is 24.7. The Morgan fingerprint density at radius 2 is 1.04 bits per heavy atom. The Balaban J connectivity index is 0.820. The summed E-state index contributed by atoms with van der Waals surface area (Å²) in [6.45, 7) is 13.8. The van der Waals surface area contributed by atoms with E-state index >= 15 is 0 Å². The summed E-state index contributed by atoms with van der Waals surface area (Å²) in [6, 6.07) is 33.9. The smallest absolute Gasteiger partial charge is 0.274 e. The molecular formula is C65H78N12O4. The molecule has 2 unspecified atom stereocenters. The van der Waals surface area contributed by atoms with Gasteiger partial charge in [-0.15, -0.1) is 0 Å². The van der Waals surface area contributed by atoms with Crippen LogP contribution in [0.25, 0.3) is 33.9 Å². The Labute approximate surface area is 476 Å². The van der Waals surface area contributed by atoms with Gasteiger partial charge < -0.3 is 39.6 Å². The molecule has 4 amide bonds. The zero-order chi connectivity index (χ0) is 56.0. The van der Waals surface area contributed by atoms with Gasteiger partial charge in [-0.1, -0.05) is 67.6 Å². The lowest BCUT2D eigenvalue weighted by Crippen LogP contribution is -2.55. The molecule has 7 heterocycles. The normalized spacial score (nSPS) is 24.4. The fourth-order valence-corrected chi connectivity index (χ4v) is 15.0. The zero-order valence-corrected chi connectivity index (χ0v) is 48.2. The van der Waals surface area contributed by atoms with Gasteiger partial charge in [0.2, 0.25) is 11.8 Å². The minimum atomic E-state index is -0.370. The van der Waals surface area contributed by atoms with Gasteiger partial charge in [-0.25, -0.2) is 9.36 Å². The molecule has 0 spiro atoms. The maximum atomic E-state index is 14.8. The van der Waals surface area contributed by atoms with E-state index in [1.807, 2.05) is 51.3 Å². The number of rotatable bonds is 11. The van der Waals surface area contributed by atoms with E-state index in [9.17, 15) is 19.2 Å². The molecule has 422 valence electrons. The van der Waals surface area contributed by atoms with Gasteiger partial charge in [0.1, 0.15) is 12.1 Å². The van der Waals surface area contributed by atoms with Gasteiger partial charge in [0.15, 0.2) is 11.4 Å². The first-order chi connectivity index (χ1) is 39.2. The molecule has 2 aliphatic carbocycles. The number of likely N-dealkylation sites (tertiary alicyclic amines) is 1. The van der Waals surface area contributed by atoms with Gasteiger partial charge in [0, 0.05) is 87.1 Å². The summed E-state index contributed by atoms with van der Waals surface area (Å²) in [4.78, 5) is 72.3. The summed E-state index contributed by atoms with van der Waals surface area (Å²) in [5, 5.41) is 13.8. The van der Waals surface area contributed by atoms with Crippen LogP contribution >= 0.6 is 0 Å². The van der Waals surface area contributed by atoms with E-state index in [4.69, 9.17) is 10.2 Å². The molecule has 6 atom stereocenters. The third-order valence-corrected chi connectivity index (χ3v) is 19.0. The number of nitrogens with zero attached hydrogens (tertiary/aromatic N) is 11. The highest BCUT2D eigenvalue weighted by molar-refractivity contribution is 6.07. The fraction of sp³-hybridized carbons (Fsp3) is 0.477. The van der Waals surface area contributed by atoms with Crippen LogP contribution in [0.2, 0.25) is 0 Å². The van der Waals surface area contributed by atoms with E-state index in [-0.39, 0.29) is 72.0 Å². The number of hydrogen-bond donors (Lipinski definition) is 1. The molecule has 81 heavy (non-hydrogen) atoms. The molecule has 5 aliphatic heterocycles. The van der Waals surface area contributed by atoms with Crippen LogP contribution < -0.4 is 24.9 Å². The average molecular weight is 1090 g/mol. The molecule has 13 rings (SSSR count). The highest BCUT2D eigenvalue weighted by Gasteiger charge is 2.44. The maximum Gasteiger partial charge on any atom is 0.274 e. The fourth-order valence-electron chi connectivity index (χ4n) is 15.0. The van der Waals surface area contributed by atoms with E-state index in [0.717, 1.165) is 145 Å². The molecule has 2 bridgehead atoms. The lowest BCUT2D eigenvalue weighted by Gasteiger charge is -2.45. The largest absolute Gasteiger partial charge is 0.355 e. The van der Waals surface area contributed by atoms with Crippen molar-refractivity contribution < 1.29 is 19.2 Å². The molecule has 3 saturated heterocycles. The van der Waals surface area contributed by atoms with E-state index in [2.05, 4.69) is 139 Å². The minimum Gasteiger partial charge on any atom is -0.355 e. The van der Waals surface area contributed by atoms with Crippen LogP contribution in [-0.4, -0.2) is 153 Å². The van der Waals surface area contributed by atoms with Gasteiger partial charge in [-0.05, 0) is 153 Å². The van der Waals surface area contributed by atoms with Crippen molar-refractivity contribution in [2.75, 3.05) is 66.4 Å². The van der Waals surface area contributed by atoms with Crippen molar-refractivity contribution in [3.05, 3.63) is 120 Å². The predicted molar refractivity (Wildman–Crippen MR) is 319 cm³/mol. The van der Waals surface area contributed by atoms with E-state index in [1.54, 1.807) is 4.90 Å². The number of fused-ring (bicyclic) bond motifs is 4. The van der Waals surface area contributed by atoms with Crippen molar-refractivity contribution in [2.24, 2.45) is 0 Å². The Morgan fingerprint density at radius 1 is 0.543 bits per heavy atom. The van der Waals surface area contributed by atoms with Gasteiger partial charge in [-0.2, -0.15) is 10.2 Å². The number of nitrogens with one attached hydrogen (secondary N) is 1. The summed E-state index contributed by atoms with van der Waals surface area (Å²) >= 11 is 0. The number of benzene rings is 4. The zero-order valence-electron chi connectivity index (χ0n) is 48.2. The maximum absolute atomic E-state index is 14.8. The summed E-state index contributed by atoms with van der Waals surface area (Å²) in [5.74, 6) is 0.0824. The topological polar surface area (TPSA) is 139 Å². The second-order valence-electron chi connectivity index (χ2n) is 24.7. The first-order valence-corrected chi connectivity index (χ1v) is 30.0. The molecule has 2 aromatic heterocycles. The average Bonchev–Trinajstić information content (AvgIpc) is 4.52. The first kappa shape index (κ1) is 53.0. The van der Waals surface area contributed by atoms with E-state index < -0.39 is 0 Å². The second kappa shape index (κ2) is 21.2. The van der Waals surface area contributed by atoms with Crippen molar-refractivity contribution in [3.8, 4) is 33.9 Å². The highest BCUT2D eigenvalue weighted by atomic mass is 16.2. The van der Waals surface area contributed by atoms with Crippen LogP contribution in [0.1, 0.15) is 124 Å². The lowest BCUT2D eigenvalue weighted by molar-refractivity contribution is -0.120. The third kappa shape index (κ3) is 9.59. The van der Waals surface area contributed by atoms with Crippen molar-refractivity contribution >= 4 is 46.4 Å². The van der Waals surface area contributed by atoms with Gasteiger partial charge in [-0.3, -0.25) is 19.2 Å². The SMILES string of the molecule is Cc1ccc(-n2nc(C(=O)N3C4CCC3CN(C)C4)cc2-c2ccc3c(c2)N(C2CCCC2)[C@H](C)C(=O)N3CCc2ccc(-n3nc(C(=O)N4C[C@@H](C)N[C@@H](C)C4)cc3-c3ccc4c(c3)N(C3CCCC3)[C@H](C)C(=O)N4C)cc2)cc1. The molecule has 16 heteroatoms. The van der Waals surface area contributed by atoms with Crippen molar-refractivity contribution in [1.29, 1.82) is 0 Å². The molecule has 7 aliphatic rings. The number of carbonyl (C=O) groups excluding carboxylic acids is 4. The summed E-state index contributed by atoms with van der Waals surface area (Å²) < 4.78 is 3.83. The summed E-state index contributed by atoms with van der Waals surface area (Å²) in [6.07, 6.45) is 11.4. The number of aromatic nitrogens is 4. The number of piperazine rings is 2. The molecular weight excluding hydrogens is 1010 g/mol. The minimum absolute atomic E-state index is 0.00502. The highest BCUT2D eigenvalue weighted by Crippen LogP contribution is 2.45. The standard InChI is InChI=1S/C65H78N12O4/c1-40-16-22-50(23-17-40)76-59(35-55(68-76)65(81)75-52-26-27-53(75)39-69(6)38-52)47-21-29-57-61(33-47)74(49-14-10-11-15-49)44(5)63(79)72(57)31-30-45-18-24-51(25-19-45)77-58(34-54(67-77)64(80)71-36-41(2)66-42(3)37-71)46-20-28-56-60(32-46)73(48-12-8-9-13-48)43(4)62(78)70(56)7/h16-25,28-29,32-35,41-44,48-49,52-53,66H,8-15,26-27,30-31,36-39H2,1-7H3/t41-,42+,43-,44-,52?,53?/m1/s1. The van der Waals surface area contributed by atoms with Crippen LogP contribution in [0.15, 0.2) is 97.1 Å². The Morgan fingerprint density at radius 3 is 1.59 bits per heavy atom. The number of aryl methyl sites for hydroxylation is 1. The monoisotopic (exact) mass is 1090 g/mol. The van der Waals surface area contributed by atoms with Crippen LogP contribution in [0, 0.1) is 6.92 Å². The summed E-state index contributed by atoms with van der Waals surface area (Å²) in [7, 11) is 4.01. The van der Waals surface area contributed by atoms with Crippen LogP contribution in [0.5, 0.6) is 0 Å². The number of amides is 4. The summed E-state index contributed by atoms with van der Waals surface area (Å²) in [5.41, 5.74) is 12.1. The number of anilines is 4. The van der Waals surface area contributed by atoms with Gasteiger partial charge >= 0.3 is 0 Å². The molecule has 6 aromatic rings. The number of carbonyl (C=O) groups is 4. The Kier molecular flexibility index (Phi) is 13.9. The third-order valence-electron chi connectivity index (χ3n) is 19.0. The molecule has 0 radical (unpaired) electrons. The predicted octanol–water partition coefficient (Wildman–Crippen LogP) is 9.28. The van der Waals surface area contributed by atoms with Crippen LogP contribution in [-0.2, 0) is 16.0 Å². The van der Waals surface area contributed by atoms with Gasteiger partial charge in [0.25, 0.3) is 11.8 Å². The van der Waals surface area contributed by atoms with Crippen molar-refractivity contribution in [1.82, 2.24) is 39.6 Å². The first-order valence-electron chi connectivity index (χ1n) is 30.0. The quantitative estimate of drug-likeness (QED) is 0.134. The number of likely N-dealkylation sites (N-methyl/N-ethyl adjacent to an activating group) is 2. The van der Waals surface area contributed by atoms with Crippen LogP contribution in [0.4, 0.5) is 22.7 Å². The van der Waals surface area contributed by atoms with Crippen LogP contribution in [0.3, 0.4) is 0 Å².